The number of aromatic amines is 1. The Balaban J connectivity index is 0.000000284. The molecule has 2 N–H and O–H groups in total. The fourth-order valence-corrected chi connectivity index (χ4v) is 1.85. The highest BCUT2D eigenvalue weighted by molar-refractivity contribution is 5.85. The average molecular weight is 310 g/mol. The number of para-hydroxylation sites is 1. The maximum Gasteiger partial charge on any atom is 0.0464 e. The zero-order valence-electron chi connectivity index (χ0n) is 15.3. The van der Waals surface area contributed by atoms with E-state index in [9.17, 15) is 0 Å². The predicted molar refractivity (Wildman–Crippen MR) is 104 cm³/mol. The Morgan fingerprint density at radius 2 is 1.35 bits per heavy atom. The van der Waals surface area contributed by atoms with E-state index in [1.165, 1.54) is 22.2 Å². The van der Waals surface area contributed by atoms with Gasteiger partial charge in [0.1, 0.15) is 0 Å². The predicted octanol–water partition coefficient (Wildman–Crippen LogP) is 5.87. The molecule has 0 aliphatic carbocycles. The summed E-state index contributed by atoms with van der Waals surface area (Å²) in [7, 11) is 1.96. The van der Waals surface area contributed by atoms with Crippen molar-refractivity contribution in [3.05, 3.63) is 60.7 Å². The highest BCUT2D eigenvalue weighted by Gasteiger charge is 2.02. The van der Waals surface area contributed by atoms with Crippen molar-refractivity contribution in [1.29, 1.82) is 0 Å². The van der Waals surface area contributed by atoms with Crippen LogP contribution in [0.4, 0.5) is 0 Å². The summed E-state index contributed by atoms with van der Waals surface area (Å²) in [5, 5.41) is 4.36. The Hall–Kier alpha value is -2.06. The highest BCUT2D eigenvalue weighted by Crippen LogP contribution is 2.23. The van der Waals surface area contributed by atoms with Crippen molar-refractivity contribution in [2.45, 2.75) is 40.2 Å². The van der Waals surface area contributed by atoms with Gasteiger partial charge in [0.25, 0.3) is 0 Å². The molecule has 0 atom stereocenters. The van der Waals surface area contributed by atoms with Crippen LogP contribution >= 0.6 is 0 Å². The van der Waals surface area contributed by atoms with Gasteiger partial charge < -0.3 is 10.3 Å². The maximum absolute atomic E-state index is 3.41. The minimum absolute atomic E-state index is 0.292. The van der Waals surface area contributed by atoms with Gasteiger partial charge in [0.2, 0.25) is 0 Å². The molecule has 0 bridgehead atoms. The van der Waals surface area contributed by atoms with Gasteiger partial charge in [0.05, 0.1) is 0 Å². The largest absolute Gasteiger partial charge is 0.355 e. The summed E-state index contributed by atoms with van der Waals surface area (Å²) in [6, 6.07) is 20.9. The van der Waals surface area contributed by atoms with Crippen molar-refractivity contribution in [3.63, 3.8) is 0 Å². The third-order valence-electron chi connectivity index (χ3n) is 3.36. The van der Waals surface area contributed by atoms with Crippen molar-refractivity contribution >= 4 is 10.9 Å². The summed E-state index contributed by atoms with van der Waals surface area (Å²) >= 11 is 0. The lowest BCUT2D eigenvalue weighted by Gasteiger charge is -2.15. The molecular weight excluding hydrogens is 280 g/mol. The number of nitrogens with one attached hydrogen (secondary N) is 2. The number of aromatic nitrogens is 1. The molecule has 0 radical (unpaired) electrons. The van der Waals surface area contributed by atoms with E-state index < -0.39 is 0 Å². The summed E-state index contributed by atoms with van der Waals surface area (Å²) in [5.41, 5.74) is 3.89. The summed E-state index contributed by atoms with van der Waals surface area (Å²) in [6.45, 7) is 10.4. The summed E-state index contributed by atoms with van der Waals surface area (Å²) in [4.78, 5) is 3.41. The lowest BCUT2D eigenvalue weighted by atomic mass is 10.1. The van der Waals surface area contributed by atoms with Gasteiger partial charge in [-0.3, -0.25) is 0 Å². The Morgan fingerprint density at radius 3 is 1.87 bits per heavy atom. The zero-order chi connectivity index (χ0) is 17.3. The van der Waals surface area contributed by atoms with Gasteiger partial charge >= 0.3 is 0 Å². The number of rotatable bonds is 1. The minimum atomic E-state index is 0.292. The van der Waals surface area contributed by atoms with Crippen LogP contribution in [0, 0.1) is 0 Å². The normalized spacial score (nSPS) is 10.3. The lowest BCUT2D eigenvalue weighted by Crippen LogP contribution is -2.31. The first-order valence-corrected chi connectivity index (χ1v) is 8.32. The second kappa shape index (κ2) is 9.16. The number of hydrogen-bond acceptors (Lipinski definition) is 1. The van der Waals surface area contributed by atoms with Crippen molar-refractivity contribution in [2.75, 3.05) is 7.05 Å². The quantitative estimate of drug-likeness (QED) is 0.578. The first-order valence-electron chi connectivity index (χ1n) is 8.32. The van der Waals surface area contributed by atoms with E-state index in [2.05, 4.69) is 79.6 Å². The molecule has 2 aromatic carbocycles. The maximum atomic E-state index is 3.41. The van der Waals surface area contributed by atoms with E-state index >= 15 is 0 Å². The van der Waals surface area contributed by atoms with Crippen molar-refractivity contribution in [2.24, 2.45) is 0 Å². The first kappa shape index (κ1) is 19.0. The van der Waals surface area contributed by atoms with Crippen LogP contribution in [0.15, 0.2) is 60.7 Å². The summed E-state index contributed by atoms with van der Waals surface area (Å²) < 4.78 is 0. The third kappa shape index (κ3) is 6.29. The summed E-state index contributed by atoms with van der Waals surface area (Å²) in [6.07, 6.45) is 0. The fraction of sp³-hybridized carbons (Fsp3) is 0.333. The molecule has 0 fully saturated rings. The Kier molecular flexibility index (Phi) is 7.56. The molecule has 3 rings (SSSR count). The van der Waals surface area contributed by atoms with Gasteiger partial charge in [-0.25, -0.2) is 0 Å². The second-order valence-electron chi connectivity index (χ2n) is 6.14. The molecule has 0 saturated heterocycles. The van der Waals surface area contributed by atoms with E-state index in [1.54, 1.807) is 0 Å². The lowest BCUT2D eigenvalue weighted by molar-refractivity contribution is 0.469. The number of hydrogen-bond donors (Lipinski definition) is 2. The Bertz CT molecular complexity index is 643. The molecular formula is C21H30N2. The number of H-pyrrole nitrogens is 1. The number of fused-ring (bicyclic) bond motifs is 1. The molecule has 0 saturated carbocycles. The fourth-order valence-electron chi connectivity index (χ4n) is 1.85. The van der Waals surface area contributed by atoms with E-state index in [0.29, 0.717) is 5.54 Å². The smallest absolute Gasteiger partial charge is 0.0464 e. The molecule has 2 heteroatoms. The van der Waals surface area contributed by atoms with Crippen LogP contribution in [-0.2, 0) is 0 Å². The van der Waals surface area contributed by atoms with Crippen LogP contribution in [-0.4, -0.2) is 17.6 Å². The molecule has 0 amide bonds. The first-order chi connectivity index (χ1) is 11.0. The van der Waals surface area contributed by atoms with Gasteiger partial charge in [0.15, 0.2) is 0 Å². The summed E-state index contributed by atoms with van der Waals surface area (Å²) in [5.74, 6) is 0. The van der Waals surface area contributed by atoms with E-state index in [-0.39, 0.29) is 0 Å². The van der Waals surface area contributed by atoms with Crippen LogP contribution in [0.3, 0.4) is 0 Å². The van der Waals surface area contributed by atoms with E-state index in [4.69, 9.17) is 0 Å². The van der Waals surface area contributed by atoms with Crippen molar-refractivity contribution in [1.82, 2.24) is 10.3 Å². The van der Waals surface area contributed by atoms with Gasteiger partial charge in [-0.2, -0.15) is 0 Å². The SMILES string of the molecule is CC.CNC(C)(C)C.c1ccc(-c2cc3ccccc3[nH]2)cc1. The zero-order valence-corrected chi connectivity index (χ0v) is 15.3. The molecule has 124 valence electrons. The molecule has 0 aliphatic rings. The van der Waals surface area contributed by atoms with Crippen LogP contribution in [0.1, 0.15) is 34.6 Å². The number of benzene rings is 2. The van der Waals surface area contributed by atoms with Crippen LogP contribution in [0.5, 0.6) is 0 Å². The molecule has 23 heavy (non-hydrogen) atoms. The second-order valence-corrected chi connectivity index (χ2v) is 6.14. The Morgan fingerprint density at radius 1 is 0.826 bits per heavy atom. The highest BCUT2D eigenvalue weighted by atomic mass is 14.9. The monoisotopic (exact) mass is 310 g/mol. The van der Waals surface area contributed by atoms with Crippen molar-refractivity contribution < 1.29 is 0 Å². The molecule has 3 aromatic rings. The van der Waals surface area contributed by atoms with Gasteiger partial charge in [-0.05, 0) is 45.5 Å². The third-order valence-corrected chi connectivity index (χ3v) is 3.36. The molecule has 0 spiro atoms. The van der Waals surface area contributed by atoms with Gasteiger partial charge in [0, 0.05) is 22.1 Å². The minimum Gasteiger partial charge on any atom is -0.355 e. The molecule has 0 unspecified atom stereocenters. The van der Waals surface area contributed by atoms with Crippen molar-refractivity contribution in [3.8, 4) is 11.3 Å². The van der Waals surface area contributed by atoms with Gasteiger partial charge in [-0.1, -0.05) is 62.4 Å². The van der Waals surface area contributed by atoms with Gasteiger partial charge in [-0.15, -0.1) is 0 Å². The standard InChI is InChI=1S/C14H11N.C5H13N.C2H6/c1-2-6-11(7-3-1)14-10-12-8-4-5-9-13(12)15-14;1-5(2,3)6-4;1-2/h1-10,15H;6H,1-4H3;1-2H3. The average Bonchev–Trinajstić information content (AvgIpc) is 3.01. The molecule has 0 aliphatic heterocycles. The molecule has 2 nitrogen and oxygen atoms in total. The van der Waals surface area contributed by atoms with E-state index in [1.807, 2.05) is 33.0 Å². The molecule has 1 heterocycles. The van der Waals surface area contributed by atoms with Crippen LogP contribution in [0.2, 0.25) is 0 Å². The van der Waals surface area contributed by atoms with Crippen LogP contribution in [0.25, 0.3) is 22.2 Å². The van der Waals surface area contributed by atoms with E-state index in [0.717, 1.165) is 0 Å². The topological polar surface area (TPSA) is 27.8 Å². The van der Waals surface area contributed by atoms with Crippen LogP contribution < -0.4 is 5.32 Å². The molecule has 1 aromatic heterocycles. The Labute approximate surface area is 140 Å².